The summed E-state index contributed by atoms with van der Waals surface area (Å²) in [6.45, 7) is 4.92. The van der Waals surface area contributed by atoms with Gasteiger partial charge in [-0.1, -0.05) is 11.6 Å². The number of benzene rings is 2. The van der Waals surface area contributed by atoms with Crippen molar-refractivity contribution >= 4 is 34.9 Å². The molecule has 8 heteroatoms. The number of hydrogen-bond donors (Lipinski definition) is 1. The molecule has 1 heterocycles. The summed E-state index contributed by atoms with van der Waals surface area (Å²) in [7, 11) is 1.32. The van der Waals surface area contributed by atoms with Gasteiger partial charge in [-0.05, 0) is 43.3 Å². The van der Waals surface area contributed by atoms with E-state index in [4.69, 9.17) is 25.8 Å². The molecule has 0 aromatic heterocycles. The predicted octanol–water partition coefficient (Wildman–Crippen LogP) is 3.61. The highest BCUT2D eigenvalue weighted by atomic mass is 35.5. The Balaban J connectivity index is 1.89. The average molecular weight is 419 g/mol. The Morgan fingerprint density at radius 3 is 2.52 bits per heavy atom. The first-order chi connectivity index (χ1) is 14.0. The molecule has 1 amide bonds. The first-order valence-electron chi connectivity index (χ1n) is 9.32. The molecule has 1 aliphatic rings. The van der Waals surface area contributed by atoms with E-state index in [0.29, 0.717) is 60.5 Å². The number of nitrogens with one attached hydrogen (secondary N) is 1. The Kier molecular flexibility index (Phi) is 6.95. The summed E-state index contributed by atoms with van der Waals surface area (Å²) in [4.78, 5) is 26.9. The van der Waals surface area contributed by atoms with Crippen LogP contribution in [0.1, 0.15) is 27.6 Å². The molecule has 154 valence electrons. The number of carbonyl (C=O) groups is 2. The number of esters is 1. The summed E-state index contributed by atoms with van der Waals surface area (Å²) < 4.78 is 15.6. The number of anilines is 2. The molecule has 0 aliphatic carbocycles. The van der Waals surface area contributed by atoms with Crippen molar-refractivity contribution in [2.24, 2.45) is 0 Å². The summed E-state index contributed by atoms with van der Waals surface area (Å²) in [5.74, 6) is -0.294. The second kappa shape index (κ2) is 9.62. The van der Waals surface area contributed by atoms with Gasteiger partial charge in [0.15, 0.2) is 0 Å². The van der Waals surface area contributed by atoms with Crippen molar-refractivity contribution < 1.29 is 23.8 Å². The van der Waals surface area contributed by atoms with Crippen LogP contribution >= 0.6 is 11.6 Å². The van der Waals surface area contributed by atoms with Gasteiger partial charge >= 0.3 is 5.97 Å². The number of nitrogens with zero attached hydrogens (tertiary/aromatic N) is 1. The van der Waals surface area contributed by atoms with Crippen molar-refractivity contribution in [1.82, 2.24) is 0 Å². The Morgan fingerprint density at radius 2 is 1.86 bits per heavy atom. The fourth-order valence-electron chi connectivity index (χ4n) is 3.07. The number of morpholine rings is 1. The molecule has 0 saturated carbocycles. The Bertz CT molecular complexity index is 897. The molecular formula is C21H23ClN2O5. The summed E-state index contributed by atoms with van der Waals surface area (Å²) in [5.41, 5.74) is 2.07. The van der Waals surface area contributed by atoms with E-state index in [1.54, 1.807) is 36.4 Å². The van der Waals surface area contributed by atoms with Gasteiger partial charge in [-0.3, -0.25) is 4.79 Å². The van der Waals surface area contributed by atoms with Crippen molar-refractivity contribution in [3.63, 3.8) is 0 Å². The third kappa shape index (κ3) is 4.99. The van der Waals surface area contributed by atoms with Crippen LogP contribution in [0.5, 0.6) is 5.75 Å². The molecule has 2 aromatic rings. The SMILES string of the molecule is CCOc1ccc(C(=O)Nc2cc(C(=O)OC)ccc2N2CCOCC2)cc1Cl. The lowest BCUT2D eigenvalue weighted by atomic mass is 10.1. The maximum atomic E-state index is 12.9. The number of methoxy groups -OCH3 is 1. The molecule has 0 unspecified atom stereocenters. The van der Waals surface area contributed by atoms with Crippen LogP contribution in [0.25, 0.3) is 0 Å². The molecule has 1 N–H and O–H groups in total. The number of rotatable bonds is 6. The molecule has 3 rings (SSSR count). The van der Waals surface area contributed by atoms with Crippen molar-refractivity contribution in [3.8, 4) is 5.75 Å². The van der Waals surface area contributed by atoms with Gasteiger partial charge in [0.05, 0.1) is 48.9 Å². The van der Waals surface area contributed by atoms with Gasteiger partial charge in [0.25, 0.3) is 5.91 Å². The Morgan fingerprint density at radius 1 is 1.14 bits per heavy atom. The second-order valence-electron chi connectivity index (χ2n) is 6.36. The van der Waals surface area contributed by atoms with Crippen LogP contribution in [0.3, 0.4) is 0 Å². The highest BCUT2D eigenvalue weighted by molar-refractivity contribution is 6.32. The Labute approximate surface area is 174 Å². The molecule has 7 nitrogen and oxygen atoms in total. The smallest absolute Gasteiger partial charge is 0.337 e. The van der Waals surface area contributed by atoms with Crippen LogP contribution in [0.15, 0.2) is 36.4 Å². The topological polar surface area (TPSA) is 77.1 Å². The van der Waals surface area contributed by atoms with E-state index in [0.717, 1.165) is 5.69 Å². The first-order valence-corrected chi connectivity index (χ1v) is 9.70. The average Bonchev–Trinajstić information content (AvgIpc) is 2.75. The molecule has 1 fully saturated rings. The Hall–Kier alpha value is -2.77. The van der Waals surface area contributed by atoms with Crippen molar-refractivity contribution in [2.45, 2.75) is 6.92 Å². The van der Waals surface area contributed by atoms with Gasteiger partial charge in [-0.15, -0.1) is 0 Å². The van der Waals surface area contributed by atoms with Gasteiger partial charge < -0.3 is 24.4 Å². The lowest BCUT2D eigenvalue weighted by molar-refractivity contribution is 0.0600. The van der Waals surface area contributed by atoms with Crippen LogP contribution < -0.4 is 15.0 Å². The molecule has 1 aliphatic heterocycles. The quantitative estimate of drug-likeness (QED) is 0.722. The lowest BCUT2D eigenvalue weighted by Crippen LogP contribution is -2.36. The van der Waals surface area contributed by atoms with E-state index in [1.165, 1.54) is 7.11 Å². The maximum Gasteiger partial charge on any atom is 0.337 e. The number of amides is 1. The fraction of sp³-hybridized carbons (Fsp3) is 0.333. The van der Waals surface area contributed by atoms with E-state index in [9.17, 15) is 9.59 Å². The van der Waals surface area contributed by atoms with E-state index < -0.39 is 5.97 Å². The van der Waals surface area contributed by atoms with Crippen molar-refractivity contribution in [3.05, 3.63) is 52.5 Å². The third-order valence-electron chi connectivity index (χ3n) is 4.51. The normalized spacial score (nSPS) is 13.7. The highest BCUT2D eigenvalue weighted by Crippen LogP contribution is 2.30. The molecule has 2 aromatic carbocycles. The number of carbonyl (C=O) groups excluding carboxylic acids is 2. The summed E-state index contributed by atoms with van der Waals surface area (Å²) >= 11 is 6.21. The molecule has 29 heavy (non-hydrogen) atoms. The minimum atomic E-state index is -0.474. The lowest BCUT2D eigenvalue weighted by Gasteiger charge is -2.30. The van der Waals surface area contributed by atoms with Crippen LogP contribution in [0, 0.1) is 0 Å². The third-order valence-corrected chi connectivity index (χ3v) is 4.81. The number of hydrogen-bond acceptors (Lipinski definition) is 6. The van der Waals surface area contributed by atoms with Gasteiger partial charge in [-0.2, -0.15) is 0 Å². The minimum Gasteiger partial charge on any atom is -0.492 e. The standard InChI is InChI=1S/C21H23ClN2O5/c1-3-29-19-7-5-14(12-16(19)22)20(25)23-17-13-15(21(26)27-2)4-6-18(17)24-8-10-28-11-9-24/h4-7,12-13H,3,8-11H2,1-2H3,(H,23,25). The second-order valence-corrected chi connectivity index (χ2v) is 6.76. The fourth-order valence-corrected chi connectivity index (χ4v) is 3.31. The molecule has 0 atom stereocenters. The van der Waals surface area contributed by atoms with E-state index in [-0.39, 0.29) is 5.91 Å². The monoisotopic (exact) mass is 418 g/mol. The molecule has 0 spiro atoms. The molecule has 0 bridgehead atoms. The zero-order valence-corrected chi connectivity index (χ0v) is 17.1. The molecular weight excluding hydrogens is 396 g/mol. The largest absolute Gasteiger partial charge is 0.492 e. The van der Waals surface area contributed by atoms with Gasteiger partial charge in [0, 0.05) is 18.7 Å². The van der Waals surface area contributed by atoms with Gasteiger partial charge in [-0.25, -0.2) is 4.79 Å². The minimum absolute atomic E-state index is 0.341. The van der Waals surface area contributed by atoms with E-state index in [2.05, 4.69) is 10.2 Å². The zero-order valence-electron chi connectivity index (χ0n) is 16.4. The van der Waals surface area contributed by atoms with Crippen LogP contribution in [0.2, 0.25) is 5.02 Å². The van der Waals surface area contributed by atoms with E-state index >= 15 is 0 Å². The van der Waals surface area contributed by atoms with Gasteiger partial charge in [0.2, 0.25) is 0 Å². The first kappa shape index (κ1) is 21.0. The van der Waals surface area contributed by atoms with Crippen molar-refractivity contribution in [2.75, 3.05) is 50.2 Å². The van der Waals surface area contributed by atoms with E-state index in [1.807, 2.05) is 6.92 Å². The highest BCUT2D eigenvalue weighted by Gasteiger charge is 2.19. The molecule has 0 radical (unpaired) electrons. The van der Waals surface area contributed by atoms with Gasteiger partial charge in [0.1, 0.15) is 5.75 Å². The van der Waals surface area contributed by atoms with Crippen LogP contribution in [0.4, 0.5) is 11.4 Å². The number of halogens is 1. The number of ether oxygens (including phenoxy) is 3. The summed E-state index contributed by atoms with van der Waals surface area (Å²) in [6, 6.07) is 9.96. The van der Waals surface area contributed by atoms with Crippen LogP contribution in [-0.4, -0.2) is 51.9 Å². The maximum absolute atomic E-state index is 12.9. The van der Waals surface area contributed by atoms with Crippen molar-refractivity contribution in [1.29, 1.82) is 0 Å². The zero-order chi connectivity index (χ0) is 20.8. The summed E-state index contributed by atoms with van der Waals surface area (Å²) in [6.07, 6.45) is 0. The molecule has 1 saturated heterocycles. The predicted molar refractivity (Wildman–Crippen MR) is 111 cm³/mol. The van der Waals surface area contributed by atoms with Crippen LogP contribution in [-0.2, 0) is 9.47 Å². The summed E-state index contributed by atoms with van der Waals surface area (Å²) in [5, 5.41) is 3.25.